The number of phenols is 1. The number of carbonyl (C=O) groups excluding carboxylic acids is 1. The molecule has 0 unspecified atom stereocenters. The fraction of sp³-hybridized carbons (Fsp3) is 0.136. The summed E-state index contributed by atoms with van der Waals surface area (Å²) in [6, 6.07) is 15.1. The van der Waals surface area contributed by atoms with Crippen LogP contribution in [-0.4, -0.2) is 20.9 Å². The fourth-order valence-electron chi connectivity index (χ4n) is 3.26. The van der Waals surface area contributed by atoms with Crippen molar-refractivity contribution in [1.82, 2.24) is 9.97 Å². The van der Waals surface area contributed by atoms with Crippen molar-refractivity contribution < 1.29 is 9.90 Å². The highest BCUT2D eigenvalue weighted by atomic mass is 32.1. The van der Waals surface area contributed by atoms with Crippen molar-refractivity contribution in [2.24, 2.45) is 0 Å². The van der Waals surface area contributed by atoms with E-state index in [0.717, 1.165) is 26.9 Å². The first-order valence-electron chi connectivity index (χ1n) is 8.67. The van der Waals surface area contributed by atoms with E-state index in [9.17, 15) is 9.90 Å². The SMILES string of the molecule is Cc1ccc(O)c(C(=O)[C@H](C)c2ncnc3scc(-c4ccccc4)c23)c1. The molecule has 2 heterocycles. The maximum Gasteiger partial charge on any atom is 0.175 e. The second-order valence-corrected chi connectivity index (χ2v) is 7.42. The van der Waals surface area contributed by atoms with E-state index in [1.54, 1.807) is 29.5 Å². The first kappa shape index (κ1) is 17.4. The lowest BCUT2D eigenvalue weighted by Gasteiger charge is -2.14. The van der Waals surface area contributed by atoms with E-state index in [4.69, 9.17) is 0 Å². The van der Waals surface area contributed by atoms with E-state index >= 15 is 0 Å². The van der Waals surface area contributed by atoms with Crippen LogP contribution in [0.25, 0.3) is 21.3 Å². The Morgan fingerprint density at radius 3 is 2.67 bits per heavy atom. The summed E-state index contributed by atoms with van der Waals surface area (Å²) in [5.74, 6) is -0.655. The topological polar surface area (TPSA) is 63.1 Å². The molecule has 0 fully saturated rings. The predicted molar refractivity (Wildman–Crippen MR) is 108 cm³/mol. The summed E-state index contributed by atoms with van der Waals surface area (Å²) < 4.78 is 0. The highest BCUT2D eigenvalue weighted by Crippen LogP contribution is 2.38. The van der Waals surface area contributed by atoms with Gasteiger partial charge in [0.1, 0.15) is 16.9 Å². The van der Waals surface area contributed by atoms with Crippen LogP contribution in [-0.2, 0) is 0 Å². The number of rotatable bonds is 4. The molecule has 1 atom stereocenters. The minimum absolute atomic E-state index is 0.00338. The van der Waals surface area contributed by atoms with Crippen molar-refractivity contribution in [1.29, 1.82) is 0 Å². The van der Waals surface area contributed by atoms with Crippen LogP contribution >= 0.6 is 11.3 Å². The van der Waals surface area contributed by atoms with Gasteiger partial charge in [-0.3, -0.25) is 4.79 Å². The number of nitrogens with zero attached hydrogens (tertiary/aromatic N) is 2. The molecular formula is C22H18N2O2S. The van der Waals surface area contributed by atoms with Gasteiger partial charge in [-0.1, -0.05) is 42.0 Å². The zero-order valence-corrected chi connectivity index (χ0v) is 15.8. The van der Waals surface area contributed by atoms with Crippen LogP contribution < -0.4 is 0 Å². The molecule has 4 rings (SSSR count). The van der Waals surface area contributed by atoms with Gasteiger partial charge in [0, 0.05) is 16.3 Å². The molecule has 1 N–H and O–H groups in total. The lowest BCUT2D eigenvalue weighted by atomic mass is 9.91. The zero-order valence-electron chi connectivity index (χ0n) is 15.0. The number of carbonyl (C=O) groups is 1. The monoisotopic (exact) mass is 374 g/mol. The van der Waals surface area contributed by atoms with Gasteiger partial charge < -0.3 is 5.11 Å². The summed E-state index contributed by atoms with van der Waals surface area (Å²) in [6.07, 6.45) is 1.50. The van der Waals surface area contributed by atoms with Crippen LogP contribution in [0.5, 0.6) is 5.75 Å². The number of aryl methyl sites for hydroxylation is 1. The number of aromatic nitrogens is 2. The maximum atomic E-state index is 13.1. The number of benzene rings is 2. The number of phenolic OH excluding ortho intramolecular Hbond substituents is 1. The molecule has 0 aliphatic carbocycles. The van der Waals surface area contributed by atoms with Gasteiger partial charge >= 0.3 is 0 Å². The van der Waals surface area contributed by atoms with E-state index in [1.165, 1.54) is 6.33 Å². The van der Waals surface area contributed by atoms with Gasteiger partial charge in [0.15, 0.2) is 5.78 Å². The van der Waals surface area contributed by atoms with Crippen LogP contribution in [0, 0.1) is 6.92 Å². The van der Waals surface area contributed by atoms with Crippen molar-refractivity contribution in [2.75, 3.05) is 0 Å². The zero-order chi connectivity index (χ0) is 19.0. The van der Waals surface area contributed by atoms with Crippen LogP contribution in [0.2, 0.25) is 0 Å². The number of hydrogen-bond donors (Lipinski definition) is 1. The Balaban J connectivity index is 1.85. The Morgan fingerprint density at radius 2 is 1.89 bits per heavy atom. The minimum Gasteiger partial charge on any atom is -0.507 e. The summed E-state index contributed by atoms with van der Waals surface area (Å²) in [6.45, 7) is 3.73. The molecule has 27 heavy (non-hydrogen) atoms. The van der Waals surface area contributed by atoms with Crippen LogP contribution in [0.3, 0.4) is 0 Å². The van der Waals surface area contributed by atoms with E-state index in [0.29, 0.717) is 11.3 Å². The van der Waals surface area contributed by atoms with E-state index in [1.807, 2.05) is 44.2 Å². The molecule has 5 heteroatoms. The fourth-order valence-corrected chi connectivity index (χ4v) is 4.19. The van der Waals surface area contributed by atoms with Crippen molar-refractivity contribution in [3.05, 3.63) is 77.1 Å². The molecule has 4 nitrogen and oxygen atoms in total. The molecule has 0 saturated carbocycles. The van der Waals surface area contributed by atoms with Gasteiger partial charge in [-0.25, -0.2) is 9.97 Å². The smallest absolute Gasteiger partial charge is 0.175 e. The van der Waals surface area contributed by atoms with Crippen molar-refractivity contribution >= 4 is 27.3 Å². The second-order valence-electron chi connectivity index (χ2n) is 6.56. The van der Waals surface area contributed by atoms with Gasteiger partial charge in [0.2, 0.25) is 0 Å². The number of Topliss-reactive ketones (excluding diaryl/α,β-unsaturated/α-hetero) is 1. The Hall–Kier alpha value is -3.05. The normalized spacial score (nSPS) is 12.2. The molecule has 4 aromatic rings. The molecule has 0 saturated heterocycles. The van der Waals surface area contributed by atoms with Crippen LogP contribution in [0.4, 0.5) is 0 Å². The van der Waals surface area contributed by atoms with Crippen LogP contribution in [0.1, 0.15) is 34.5 Å². The maximum absolute atomic E-state index is 13.1. The third kappa shape index (κ3) is 3.11. The molecule has 0 spiro atoms. The molecule has 0 bridgehead atoms. The molecular weight excluding hydrogens is 356 g/mol. The Labute approximate surface area is 161 Å². The molecule has 134 valence electrons. The third-order valence-corrected chi connectivity index (χ3v) is 5.59. The summed E-state index contributed by atoms with van der Waals surface area (Å²) in [5, 5.41) is 13.1. The molecule has 0 amide bonds. The minimum atomic E-state index is -0.500. The summed E-state index contributed by atoms with van der Waals surface area (Å²) in [5.41, 5.74) is 4.03. The van der Waals surface area contributed by atoms with Crippen LogP contribution in [0.15, 0.2) is 60.2 Å². The lowest BCUT2D eigenvalue weighted by molar-refractivity contribution is 0.0962. The van der Waals surface area contributed by atoms with E-state index < -0.39 is 5.92 Å². The number of aromatic hydroxyl groups is 1. The lowest BCUT2D eigenvalue weighted by Crippen LogP contribution is -2.12. The molecule has 2 aromatic carbocycles. The summed E-state index contributed by atoms with van der Waals surface area (Å²) in [4.78, 5) is 22.8. The number of fused-ring (bicyclic) bond motifs is 1. The standard InChI is InChI=1S/C22H18N2O2S/c1-13-8-9-18(25)16(10-13)21(26)14(2)20-19-17(15-6-4-3-5-7-15)11-27-22(19)24-12-23-20/h3-12,14,25H,1-2H3/t14-/m1/s1. The van der Waals surface area contributed by atoms with Gasteiger partial charge in [0.05, 0.1) is 17.2 Å². The van der Waals surface area contributed by atoms with Crippen molar-refractivity contribution in [3.63, 3.8) is 0 Å². The summed E-state index contributed by atoms with van der Waals surface area (Å²) >= 11 is 1.54. The summed E-state index contributed by atoms with van der Waals surface area (Å²) in [7, 11) is 0. The third-order valence-electron chi connectivity index (χ3n) is 4.71. The Bertz CT molecular complexity index is 1140. The predicted octanol–water partition coefficient (Wildman–Crippen LogP) is 5.36. The number of hydrogen-bond acceptors (Lipinski definition) is 5. The Morgan fingerprint density at radius 1 is 1.11 bits per heavy atom. The van der Waals surface area contributed by atoms with Crippen molar-refractivity contribution in [3.8, 4) is 16.9 Å². The highest BCUT2D eigenvalue weighted by molar-refractivity contribution is 7.17. The van der Waals surface area contributed by atoms with E-state index in [2.05, 4.69) is 15.3 Å². The van der Waals surface area contributed by atoms with Gasteiger partial charge in [-0.05, 0) is 31.5 Å². The average Bonchev–Trinajstić information content (AvgIpc) is 3.13. The molecule has 0 radical (unpaired) electrons. The Kier molecular flexibility index (Phi) is 4.46. The number of thiophene rings is 1. The van der Waals surface area contributed by atoms with Gasteiger partial charge in [-0.2, -0.15) is 0 Å². The van der Waals surface area contributed by atoms with Gasteiger partial charge in [-0.15, -0.1) is 11.3 Å². The second kappa shape index (κ2) is 6.93. The first-order valence-corrected chi connectivity index (χ1v) is 9.55. The first-order chi connectivity index (χ1) is 13.1. The average molecular weight is 374 g/mol. The largest absolute Gasteiger partial charge is 0.507 e. The number of ketones is 1. The van der Waals surface area contributed by atoms with E-state index in [-0.39, 0.29) is 11.5 Å². The van der Waals surface area contributed by atoms with Gasteiger partial charge in [0.25, 0.3) is 0 Å². The quantitative estimate of drug-likeness (QED) is 0.489. The van der Waals surface area contributed by atoms with Crippen molar-refractivity contribution in [2.45, 2.75) is 19.8 Å². The molecule has 2 aromatic heterocycles. The molecule has 0 aliphatic rings. The highest BCUT2D eigenvalue weighted by Gasteiger charge is 2.25. The molecule has 0 aliphatic heterocycles.